The van der Waals surface area contributed by atoms with Crippen molar-refractivity contribution in [1.82, 2.24) is 14.5 Å². The Morgan fingerprint density at radius 2 is 1.90 bits per heavy atom. The molecule has 0 aliphatic carbocycles. The third kappa shape index (κ3) is 3.89. The molecule has 31 heavy (non-hydrogen) atoms. The van der Waals surface area contributed by atoms with Gasteiger partial charge in [-0.25, -0.2) is 14.4 Å². The lowest BCUT2D eigenvalue weighted by molar-refractivity contribution is 0.102. The summed E-state index contributed by atoms with van der Waals surface area (Å²) < 4.78 is 29.5. The molecule has 4 rings (SSSR count). The number of rotatable bonds is 3. The topological polar surface area (TPSA) is 76.9 Å². The SMILES string of the molecule is Cc1cc2c(nc1C)c(=O)c(C(=O)Nc1ccnc(F)c1)cn2-c1ccc(Cl)cc1F. The highest BCUT2D eigenvalue weighted by Crippen LogP contribution is 2.24. The quantitative estimate of drug-likeness (QED) is 0.473. The number of fused-ring (bicyclic) bond motifs is 1. The highest BCUT2D eigenvalue weighted by atomic mass is 35.5. The molecule has 1 N–H and O–H groups in total. The maximum absolute atomic E-state index is 14.7. The number of hydrogen-bond donors (Lipinski definition) is 1. The van der Waals surface area contributed by atoms with E-state index in [2.05, 4.69) is 15.3 Å². The first kappa shape index (κ1) is 20.6. The van der Waals surface area contributed by atoms with E-state index in [0.717, 1.165) is 17.7 Å². The molecular formula is C22H15ClF2N4O2. The summed E-state index contributed by atoms with van der Waals surface area (Å²) in [4.78, 5) is 33.7. The molecule has 0 unspecified atom stereocenters. The number of aryl methyl sites for hydroxylation is 2. The molecule has 0 aliphatic heterocycles. The summed E-state index contributed by atoms with van der Waals surface area (Å²) in [5.74, 6) is -2.22. The summed E-state index contributed by atoms with van der Waals surface area (Å²) in [6, 6.07) is 8.17. The molecule has 156 valence electrons. The molecule has 0 saturated heterocycles. The number of nitrogens with one attached hydrogen (secondary N) is 1. The van der Waals surface area contributed by atoms with Crippen molar-refractivity contribution >= 4 is 34.2 Å². The number of halogens is 3. The first-order chi connectivity index (χ1) is 14.7. The predicted octanol–water partition coefficient (Wildman–Crippen LogP) is 4.58. The van der Waals surface area contributed by atoms with Crippen LogP contribution in [0.25, 0.3) is 16.7 Å². The molecule has 4 aromatic rings. The first-order valence-electron chi connectivity index (χ1n) is 9.16. The second-order valence-electron chi connectivity index (χ2n) is 6.92. The number of amides is 1. The summed E-state index contributed by atoms with van der Waals surface area (Å²) in [5, 5.41) is 2.66. The van der Waals surface area contributed by atoms with Crippen LogP contribution in [0, 0.1) is 25.6 Å². The van der Waals surface area contributed by atoms with Gasteiger partial charge in [-0.1, -0.05) is 11.6 Å². The van der Waals surface area contributed by atoms with Gasteiger partial charge in [-0.15, -0.1) is 0 Å². The van der Waals surface area contributed by atoms with Gasteiger partial charge in [0.2, 0.25) is 11.4 Å². The molecule has 0 fully saturated rings. The summed E-state index contributed by atoms with van der Waals surface area (Å²) in [5.41, 5.74) is 1.02. The Labute approximate surface area is 180 Å². The Balaban J connectivity index is 1.96. The third-order valence-corrected chi connectivity index (χ3v) is 5.06. The van der Waals surface area contributed by atoms with Crippen LogP contribution in [-0.2, 0) is 0 Å². The average Bonchev–Trinajstić information content (AvgIpc) is 2.70. The maximum Gasteiger partial charge on any atom is 0.261 e. The van der Waals surface area contributed by atoms with Crippen LogP contribution < -0.4 is 10.7 Å². The number of pyridine rings is 3. The lowest BCUT2D eigenvalue weighted by atomic mass is 10.1. The average molecular weight is 441 g/mol. The van der Waals surface area contributed by atoms with Crippen LogP contribution in [0.15, 0.2) is 53.6 Å². The summed E-state index contributed by atoms with van der Waals surface area (Å²) >= 11 is 5.87. The van der Waals surface area contributed by atoms with Gasteiger partial charge in [-0.3, -0.25) is 9.59 Å². The predicted molar refractivity (Wildman–Crippen MR) is 114 cm³/mol. The molecule has 0 bridgehead atoms. The summed E-state index contributed by atoms with van der Waals surface area (Å²) in [7, 11) is 0. The molecule has 6 nitrogen and oxygen atoms in total. The number of aromatic nitrogens is 3. The molecule has 1 amide bonds. The molecule has 1 aromatic carbocycles. The lowest BCUT2D eigenvalue weighted by Gasteiger charge is -2.15. The Hall–Kier alpha value is -3.65. The van der Waals surface area contributed by atoms with E-state index in [1.165, 1.54) is 35.2 Å². The van der Waals surface area contributed by atoms with Gasteiger partial charge in [-0.05, 0) is 49.7 Å². The van der Waals surface area contributed by atoms with E-state index < -0.39 is 23.1 Å². The Kier molecular flexibility index (Phi) is 5.24. The third-order valence-electron chi connectivity index (χ3n) is 4.82. The molecule has 0 atom stereocenters. The zero-order valence-electron chi connectivity index (χ0n) is 16.4. The molecule has 3 aromatic heterocycles. The highest BCUT2D eigenvalue weighted by Gasteiger charge is 2.20. The second kappa shape index (κ2) is 7.88. The number of nitrogens with zero attached hydrogens (tertiary/aromatic N) is 3. The van der Waals surface area contributed by atoms with E-state index in [-0.39, 0.29) is 27.5 Å². The van der Waals surface area contributed by atoms with Crippen molar-refractivity contribution in [3.8, 4) is 5.69 Å². The molecular weight excluding hydrogens is 426 g/mol. The van der Waals surface area contributed by atoms with Gasteiger partial charge in [0.05, 0.1) is 11.2 Å². The fraction of sp³-hybridized carbons (Fsp3) is 0.0909. The number of benzene rings is 1. The smallest absolute Gasteiger partial charge is 0.261 e. The van der Waals surface area contributed by atoms with Gasteiger partial charge in [0, 0.05) is 34.9 Å². The molecule has 0 saturated carbocycles. The van der Waals surface area contributed by atoms with Crippen molar-refractivity contribution < 1.29 is 13.6 Å². The van der Waals surface area contributed by atoms with Crippen LogP contribution in [0.4, 0.5) is 14.5 Å². The monoisotopic (exact) mass is 440 g/mol. The van der Waals surface area contributed by atoms with Crippen LogP contribution in [0.1, 0.15) is 21.6 Å². The molecule has 9 heteroatoms. The Bertz CT molecular complexity index is 1420. The van der Waals surface area contributed by atoms with Gasteiger partial charge in [0.25, 0.3) is 5.91 Å². The fourth-order valence-corrected chi connectivity index (χ4v) is 3.30. The van der Waals surface area contributed by atoms with Gasteiger partial charge in [0.1, 0.15) is 16.9 Å². The minimum Gasteiger partial charge on any atom is -0.322 e. The minimum atomic E-state index is -0.791. The van der Waals surface area contributed by atoms with Crippen LogP contribution in [-0.4, -0.2) is 20.4 Å². The van der Waals surface area contributed by atoms with E-state index in [1.807, 2.05) is 6.92 Å². The summed E-state index contributed by atoms with van der Waals surface area (Å²) in [6.07, 6.45) is 2.42. The standard InChI is InChI=1S/C22H15ClF2N4O2/c1-11-7-18-20(27-12(11)2)21(30)15(22(31)28-14-5-6-26-19(25)9-14)10-29(18)17-4-3-13(23)8-16(17)24/h3-10H,1-2H3,(H,26,28,31). The van der Waals surface area contributed by atoms with E-state index in [4.69, 9.17) is 11.6 Å². The van der Waals surface area contributed by atoms with Gasteiger partial charge in [-0.2, -0.15) is 4.39 Å². The van der Waals surface area contributed by atoms with E-state index in [9.17, 15) is 18.4 Å². The number of hydrogen-bond acceptors (Lipinski definition) is 4. The van der Waals surface area contributed by atoms with Gasteiger partial charge >= 0.3 is 0 Å². The minimum absolute atomic E-state index is 0.00556. The van der Waals surface area contributed by atoms with Crippen LogP contribution in [0.5, 0.6) is 0 Å². The van der Waals surface area contributed by atoms with Crippen molar-refractivity contribution in [2.24, 2.45) is 0 Å². The van der Waals surface area contributed by atoms with E-state index in [1.54, 1.807) is 13.0 Å². The first-order valence-corrected chi connectivity index (χ1v) is 9.54. The fourth-order valence-electron chi connectivity index (χ4n) is 3.14. The van der Waals surface area contributed by atoms with Crippen molar-refractivity contribution in [2.75, 3.05) is 5.32 Å². The van der Waals surface area contributed by atoms with Crippen LogP contribution >= 0.6 is 11.6 Å². The largest absolute Gasteiger partial charge is 0.322 e. The zero-order valence-corrected chi connectivity index (χ0v) is 17.2. The molecule has 0 radical (unpaired) electrons. The van der Waals surface area contributed by atoms with Crippen molar-refractivity contribution in [2.45, 2.75) is 13.8 Å². The summed E-state index contributed by atoms with van der Waals surface area (Å²) in [6.45, 7) is 3.54. The molecule has 0 spiro atoms. The van der Waals surface area contributed by atoms with Crippen LogP contribution in [0.2, 0.25) is 5.02 Å². The second-order valence-corrected chi connectivity index (χ2v) is 7.35. The number of anilines is 1. The Morgan fingerprint density at radius 1 is 1.13 bits per heavy atom. The normalized spacial score (nSPS) is 11.0. The maximum atomic E-state index is 14.7. The number of carbonyl (C=O) groups is 1. The molecule has 0 aliphatic rings. The van der Waals surface area contributed by atoms with Gasteiger partial charge in [0.15, 0.2) is 0 Å². The highest BCUT2D eigenvalue weighted by molar-refractivity contribution is 6.30. The lowest BCUT2D eigenvalue weighted by Crippen LogP contribution is -2.24. The number of carbonyl (C=O) groups excluding carboxylic acids is 1. The van der Waals surface area contributed by atoms with Gasteiger partial charge < -0.3 is 9.88 Å². The zero-order chi connectivity index (χ0) is 22.3. The van der Waals surface area contributed by atoms with Crippen molar-refractivity contribution in [3.05, 3.63) is 92.6 Å². The molecule has 3 heterocycles. The van der Waals surface area contributed by atoms with E-state index >= 15 is 0 Å². The van der Waals surface area contributed by atoms with E-state index in [0.29, 0.717) is 11.2 Å². The Morgan fingerprint density at radius 3 is 2.61 bits per heavy atom. The van der Waals surface area contributed by atoms with Crippen molar-refractivity contribution in [3.63, 3.8) is 0 Å². The van der Waals surface area contributed by atoms with Crippen molar-refractivity contribution in [1.29, 1.82) is 0 Å². The van der Waals surface area contributed by atoms with Crippen LogP contribution in [0.3, 0.4) is 0 Å².